The quantitative estimate of drug-likeness (QED) is 0.859. The van der Waals surface area contributed by atoms with Crippen LogP contribution >= 0.6 is 0 Å². The van der Waals surface area contributed by atoms with Gasteiger partial charge in [0.15, 0.2) is 0 Å². The van der Waals surface area contributed by atoms with E-state index in [4.69, 9.17) is 0 Å². The van der Waals surface area contributed by atoms with Crippen molar-refractivity contribution in [2.75, 3.05) is 24.7 Å². The van der Waals surface area contributed by atoms with E-state index in [2.05, 4.69) is 4.90 Å². The first-order chi connectivity index (χ1) is 9.61. The summed E-state index contributed by atoms with van der Waals surface area (Å²) in [6.07, 6.45) is -0.0963. The third-order valence-electron chi connectivity index (χ3n) is 4.43. The summed E-state index contributed by atoms with van der Waals surface area (Å²) in [6.45, 7) is 3.37. The Labute approximate surface area is 117 Å². The second-order valence-corrected chi connectivity index (χ2v) is 5.70. The highest BCUT2D eigenvalue weighted by atomic mass is 19.1. The molecular formula is C15H19FN2O2. The van der Waals surface area contributed by atoms with Crippen LogP contribution in [0, 0.1) is 0 Å². The lowest BCUT2D eigenvalue weighted by Crippen LogP contribution is -2.43. The van der Waals surface area contributed by atoms with Gasteiger partial charge in [-0.1, -0.05) is 18.2 Å². The Morgan fingerprint density at radius 1 is 1.50 bits per heavy atom. The van der Waals surface area contributed by atoms with Gasteiger partial charge in [0.1, 0.15) is 0 Å². The summed E-state index contributed by atoms with van der Waals surface area (Å²) >= 11 is 0. The highest BCUT2D eigenvalue weighted by Gasteiger charge is 2.34. The van der Waals surface area contributed by atoms with Crippen molar-refractivity contribution in [3.05, 3.63) is 29.3 Å². The normalized spacial score (nSPS) is 25.1. The first-order valence-electron chi connectivity index (χ1n) is 7.04. The minimum atomic E-state index is -0.892. The fraction of sp³-hybridized carbons (Fsp3) is 0.533. The lowest BCUT2D eigenvalue weighted by molar-refractivity contribution is 0.141. The van der Waals surface area contributed by atoms with E-state index >= 15 is 0 Å². The van der Waals surface area contributed by atoms with Crippen molar-refractivity contribution in [2.45, 2.75) is 31.8 Å². The van der Waals surface area contributed by atoms with Gasteiger partial charge in [0, 0.05) is 30.7 Å². The largest absolute Gasteiger partial charge is 0.465 e. The number of rotatable bonds is 1. The molecule has 0 aliphatic carbocycles. The number of nitrogens with zero attached hydrogens (tertiary/aromatic N) is 2. The van der Waals surface area contributed by atoms with Gasteiger partial charge in [-0.15, -0.1) is 0 Å². The molecule has 0 spiro atoms. The molecule has 2 atom stereocenters. The zero-order valence-corrected chi connectivity index (χ0v) is 11.6. The summed E-state index contributed by atoms with van der Waals surface area (Å²) < 4.78 is 13.2. The Morgan fingerprint density at radius 3 is 3.00 bits per heavy atom. The number of amides is 1. The molecule has 1 aromatic carbocycles. The number of halogens is 1. The topological polar surface area (TPSA) is 43.8 Å². The van der Waals surface area contributed by atoms with Crippen LogP contribution in [0.3, 0.4) is 0 Å². The van der Waals surface area contributed by atoms with E-state index in [9.17, 15) is 14.3 Å². The molecule has 0 saturated carbocycles. The van der Waals surface area contributed by atoms with Crippen molar-refractivity contribution in [3.8, 4) is 0 Å². The number of alkyl halides is 1. The molecule has 4 nitrogen and oxygen atoms in total. The lowest BCUT2D eigenvalue weighted by atomic mass is 9.88. The minimum absolute atomic E-state index is 0.0511. The van der Waals surface area contributed by atoms with Crippen LogP contribution in [0.4, 0.5) is 14.9 Å². The van der Waals surface area contributed by atoms with Crippen LogP contribution < -0.4 is 4.90 Å². The number of anilines is 1. The van der Waals surface area contributed by atoms with Crippen molar-refractivity contribution >= 4 is 11.8 Å². The highest BCUT2D eigenvalue weighted by molar-refractivity contribution is 5.69. The molecule has 1 aromatic rings. The van der Waals surface area contributed by atoms with Crippen LogP contribution in [0.5, 0.6) is 0 Å². The third-order valence-corrected chi connectivity index (χ3v) is 4.43. The SMILES string of the molecule is CC1CN(C(=O)O)Cc2cccc3c2N1CCC3CF. The van der Waals surface area contributed by atoms with Gasteiger partial charge in [0.05, 0.1) is 13.2 Å². The van der Waals surface area contributed by atoms with E-state index < -0.39 is 6.09 Å². The van der Waals surface area contributed by atoms with Crippen molar-refractivity contribution in [1.82, 2.24) is 4.90 Å². The van der Waals surface area contributed by atoms with Crippen LogP contribution in [-0.2, 0) is 6.54 Å². The smallest absolute Gasteiger partial charge is 0.407 e. The van der Waals surface area contributed by atoms with Crippen LogP contribution in [0.2, 0.25) is 0 Å². The molecule has 0 aromatic heterocycles. The van der Waals surface area contributed by atoms with E-state index in [1.807, 2.05) is 25.1 Å². The third kappa shape index (κ3) is 2.01. The molecule has 2 unspecified atom stereocenters. The zero-order valence-electron chi connectivity index (χ0n) is 11.6. The molecule has 0 saturated heterocycles. The summed E-state index contributed by atoms with van der Waals surface area (Å²) in [5, 5.41) is 9.30. The zero-order chi connectivity index (χ0) is 14.3. The fourth-order valence-electron chi connectivity index (χ4n) is 3.42. The second-order valence-electron chi connectivity index (χ2n) is 5.70. The standard InChI is InChI=1S/C15H19FN2O2/c1-10-8-17(15(19)20)9-12-3-2-4-13-11(7-16)5-6-18(10)14(12)13/h2-4,10-11H,5-9H2,1H3,(H,19,20). The summed E-state index contributed by atoms with van der Waals surface area (Å²) in [5.74, 6) is -0.0511. The van der Waals surface area contributed by atoms with Gasteiger partial charge in [-0.05, 0) is 24.5 Å². The van der Waals surface area contributed by atoms with Crippen molar-refractivity contribution in [2.24, 2.45) is 0 Å². The molecule has 2 aliphatic rings. The molecule has 1 N–H and O–H groups in total. The van der Waals surface area contributed by atoms with Gasteiger partial charge in [0.2, 0.25) is 0 Å². The van der Waals surface area contributed by atoms with Crippen molar-refractivity contribution < 1.29 is 14.3 Å². The van der Waals surface area contributed by atoms with Gasteiger partial charge in [-0.25, -0.2) is 4.79 Å². The van der Waals surface area contributed by atoms with Gasteiger partial charge in [0.25, 0.3) is 0 Å². The first-order valence-corrected chi connectivity index (χ1v) is 7.04. The minimum Gasteiger partial charge on any atom is -0.465 e. The van der Waals surface area contributed by atoms with E-state index in [0.717, 1.165) is 29.8 Å². The Kier molecular flexibility index (Phi) is 3.28. The maximum atomic E-state index is 13.2. The number of carbonyl (C=O) groups is 1. The molecular weight excluding hydrogens is 259 g/mol. The van der Waals surface area contributed by atoms with Crippen molar-refractivity contribution in [1.29, 1.82) is 0 Å². The molecule has 0 fully saturated rings. The van der Waals surface area contributed by atoms with Gasteiger partial charge in [-0.2, -0.15) is 0 Å². The number of benzene rings is 1. The Balaban J connectivity index is 2.10. The van der Waals surface area contributed by atoms with E-state index in [1.54, 1.807) is 0 Å². The van der Waals surface area contributed by atoms with Crippen LogP contribution in [0.15, 0.2) is 18.2 Å². The van der Waals surface area contributed by atoms with Gasteiger partial charge >= 0.3 is 6.09 Å². The average molecular weight is 278 g/mol. The summed E-state index contributed by atoms with van der Waals surface area (Å²) in [6, 6.07) is 5.98. The molecule has 108 valence electrons. The second kappa shape index (κ2) is 4.96. The number of carboxylic acid groups (broad SMARTS) is 1. The summed E-state index contributed by atoms with van der Waals surface area (Å²) in [7, 11) is 0. The lowest BCUT2D eigenvalue weighted by Gasteiger charge is -2.38. The molecule has 20 heavy (non-hydrogen) atoms. The van der Waals surface area contributed by atoms with Crippen LogP contribution in [-0.4, -0.2) is 41.9 Å². The fourth-order valence-corrected chi connectivity index (χ4v) is 3.42. The Bertz CT molecular complexity index is 535. The van der Waals surface area contributed by atoms with Crippen LogP contribution in [0.25, 0.3) is 0 Å². The molecule has 1 amide bonds. The van der Waals surface area contributed by atoms with Crippen LogP contribution in [0.1, 0.15) is 30.4 Å². The summed E-state index contributed by atoms with van der Waals surface area (Å²) in [5.41, 5.74) is 3.10. The molecule has 5 heteroatoms. The molecule has 3 rings (SSSR count). The summed E-state index contributed by atoms with van der Waals surface area (Å²) in [4.78, 5) is 15.0. The van der Waals surface area contributed by atoms with E-state index in [1.165, 1.54) is 4.90 Å². The molecule has 2 aliphatic heterocycles. The predicted molar refractivity (Wildman–Crippen MR) is 75.0 cm³/mol. The highest BCUT2D eigenvalue weighted by Crippen LogP contribution is 2.40. The molecule has 0 radical (unpaired) electrons. The monoisotopic (exact) mass is 278 g/mol. The predicted octanol–water partition coefficient (Wildman–Crippen LogP) is 2.83. The van der Waals surface area contributed by atoms with E-state index in [0.29, 0.717) is 13.1 Å². The molecule has 2 heterocycles. The Hall–Kier alpha value is -1.78. The van der Waals surface area contributed by atoms with E-state index in [-0.39, 0.29) is 18.6 Å². The maximum Gasteiger partial charge on any atom is 0.407 e. The number of para-hydroxylation sites is 1. The number of hydrogen-bond donors (Lipinski definition) is 1. The van der Waals surface area contributed by atoms with Gasteiger partial charge < -0.3 is 14.9 Å². The van der Waals surface area contributed by atoms with Gasteiger partial charge in [-0.3, -0.25) is 4.39 Å². The molecule has 0 bridgehead atoms. The maximum absolute atomic E-state index is 13.2. The average Bonchev–Trinajstić information content (AvgIpc) is 2.58. The Morgan fingerprint density at radius 2 is 2.30 bits per heavy atom. The van der Waals surface area contributed by atoms with Crippen molar-refractivity contribution in [3.63, 3.8) is 0 Å². The number of hydrogen-bond acceptors (Lipinski definition) is 2. The first kappa shape index (κ1) is 13.2.